The van der Waals surface area contributed by atoms with Crippen molar-refractivity contribution >= 4 is 21.7 Å². The van der Waals surface area contributed by atoms with Crippen molar-refractivity contribution in [3.63, 3.8) is 0 Å². The molecule has 0 saturated carbocycles. The summed E-state index contributed by atoms with van der Waals surface area (Å²) in [7, 11) is 0. The van der Waals surface area contributed by atoms with Crippen molar-refractivity contribution in [2.24, 2.45) is 0 Å². The largest absolute Gasteiger partial charge is 0.508 e. The number of carbonyl (C=O) groups excluding carboxylic acids is 1. The number of Topliss-reactive ketones (excluding diaryl/α,β-unsaturated/α-hetero) is 1. The molecule has 0 spiro atoms. The van der Waals surface area contributed by atoms with Crippen molar-refractivity contribution in [2.45, 2.75) is 0 Å². The zero-order valence-electron chi connectivity index (χ0n) is 9.84. The average molecular weight is 323 g/mol. The Morgan fingerprint density at radius 2 is 1.79 bits per heavy atom. The lowest BCUT2D eigenvalue weighted by Gasteiger charge is -2.07. The van der Waals surface area contributed by atoms with E-state index in [0.717, 1.165) is 10.5 Å². The van der Waals surface area contributed by atoms with Crippen molar-refractivity contribution in [2.75, 3.05) is 6.61 Å². The van der Waals surface area contributed by atoms with E-state index >= 15 is 0 Å². The Balaban J connectivity index is 2.03. The smallest absolute Gasteiger partial charge is 0.203 e. The molecule has 0 aliphatic rings. The molecular weight excluding hydrogens is 312 g/mol. The molecule has 0 unspecified atom stereocenters. The standard InChI is InChI=1S/C14H11BrO4/c15-9-1-4-11(5-2-9)19-8-14(18)12-6-3-10(16)7-13(12)17/h1-7,16-17H,8H2. The van der Waals surface area contributed by atoms with Gasteiger partial charge in [0.05, 0.1) is 5.56 Å². The molecule has 98 valence electrons. The molecule has 0 fully saturated rings. The molecular formula is C14H11BrO4. The zero-order valence-corrected chi connectivity index (χ0v) is 11.4. The minimum atomic E-state index is -0.361. The zero-order chi connectivity index (χ0) is 13.8. The van der Waals surface area contributed by atoms with Crippen LogP contribution in [0.25, 0.3) is 0 Å². The Morgan fingerprint density at radius 1 is 1.11 bits per heavy atom. The van der Waals surface area contributed by atoms with Gasteiger partial charge in [0, 0.05) is 10.5 Å². The fourth-order valence-electron chi connectivity index (χ4n) is 1.51. The number of halogens is 1. The number of hydrogen-bond acceptors (Lipinski definition) is 4. The van der Waals surface area contributed by atoms with Gasteiger partial charge in [0.1, 0.15) is 17.2 Å². The summed E-state index contributed by atoms with van der Waals surface area (Å²) in [6.07, 6.45) is 0. The fraction of sp³-hybridized carbons (Fsp3) is 0.0714. The van der Waals surface area contributed by atoms with Crippen molar-refractivity contribution in [3.8, 4) is 17.2 Å². The minimum absolute atomic E-state index is 0.0946. The average Bonchev–Trinajstić information content (AvgIpc) is 2.37. The van der Waals surface area contributed by atoms with Crippen LogP contribution in [0.3, 0.4) is 0 Å². The van der Waals surface area contributed by atoms with Crippen LogP contribution in [0.5, 0.6) is 17.2 Å². The first kappa shape index (κ1) is 13.4. The molecule has 2 aromatic rings. The third kappa shape index (κ3) is 3.48. The highest BCUT2D eigenvalue weighted by molar-refractivity contribution is 9.10. The summed E-state index contributed by atoms with van der Waals surface area (Å²) >= 11 is 3.30. The topological polar surface area (TPSA) is 66.8 Å². The lowest BCUT2D eigenvalue weighted by molar-refractivity contribution is 0.0919. The lowest BCUT2D eigenvalue weighted by atomic mass is 10.1. The minimum Gasteiger partial charge on any atom is -0.508 e. The highest BCUT2D eigenvalue weighted by Crippen LogP contribution is 2.23. The van der Waals surface area contributed by atoms with Gasteiger partial charge in [-0.2, -0.15) is 0 Å². The van der Waals surface area contributed by atoms with Crippen LogP contribution >= 0.6 is 15.9 Å². The summed E-state index contributed by atoms with van der Waals surface area (Å²) in [6.45, 7) is -0.181. The second-order valence-electron chi connectivity index (χ2n) is 3.87. The first-order valence-electron chi connectivity index (χ1n) is 5.50. The van der Waals surface area contributed by atoms with E-state index in [2.05, 4.69) is 15.9 Å². The van der Waals surface area contributed by atoms with Gasteiger partial charge in [0.2, 0.25) is 5.78 Å². The van der Waals surface area contributed by atoms with Gasteiger partial charge in [-0.25, -0.2) is 0 Å². The Bertz CT molecular complexity index is 593. The van der Waals surface area contributed by atoms with Crippen LogP contribution in [0.15, 0.2) is 46.9 Å². The fourth-order valence-corrected chi connectivity index (χ4v) is 1.78. The number of aromatic hydroxyl groups is 2. The Labute approximate surface area is 118 Å². The Hall–Kier alpha value is -2.01. The van der Waals surface area contributed by atoms with Gasteiger partial charge in [-0.05, 0) is 36.4 Å². The molecule has 2 N–H and O–H groups in total. The number of phenolic OH excluding ortho intramolecular Hbond substituents is 2. The maximum absolute atomic E-state index is 11.8. The van der Waals surface area contributed by atoms with E-state index in [1.165, 1.54) is 12.1 Å². The Kier molecular flexibility index (Phi) is 4.06. The summed E-state index contributed by atoms with van der Waals surface area (Å²) in [6, 6.07) is 10.9. The van der Waals surface area contributed by atoms with Gasteiger partial charge in [-0.15, -0.1) is 0 Å². The van der Waals surface area contributed by atoms with Crippen molar-refractivity contribution in [1.29, 1.82) is 0 Å². The highest BCUT2D eigenvalue weighted by Gasteiger charge is 2.12. The lowest BCUT2D eigenvalue weighted by Crippen LogP contribution is -2.11. The van der Waals surface area contributed by atoms with Gasteiger partial charge in [0.15, 0.2) is 6.61 Å². The van der Waals surface area contributed by atoms with Crippen LogP contribution in [0.4, 0.5) is 0 Å². The van der Waals surface area contributed by atoms with Crippen LogP contribution < -0.4 is 4.74 Å². The summed E-state index contributed by atoms with van der Waals surface area (Å²) in [5, 5.41) is 18.7. The number of benzene rings is 2. The van der Waals surface area contributed by atoms with E-state index in [9.17, 15) is 9.90 Å². The molecule has 5 heteroatoms. The van der Waals surface area contributed by atoms with Crippen molar-refractivity contribution in [3.05, 3.63) is 52.5 Å². The molecule has 0 amide bonds. The number of rotatable bonds is 4. The molecule has 0 bridgehead atoms. The molecule has 0 aliphatic heterocycles. The molecule has 2 rings (SSSR count). The monoisotopic (exact) mass is 322 g/mol. The molecule has 0 saturated heterocycles. The number of ether oxygens (including phenoxy) is 1. The Morgan fingerprint density at radius 3 is 2.42 bits per heavy atom. The van der Waals surface area contributed by atoms with Crippen LogP contribution in [0, 0.1) is 0 Å². The van der Waals surface area contributed by atoms with Crippen LogP contribution in [-0.4, -0.2) is 22.6 Å². The van der Waals surface area contributed by atoms with E-state index in [1.807, 2.05) is 0 Å². The molecule has 0 aliphatic carbocycles. The second-order valence-corrected chi connectivity index (χ2v) is 4.78. The molecule has 19 heavy (non-hydrogen) atoms. The van der Waals surface area contributed by atoms with E-state index in [1.54, 1.807) is 24.3 Å². The van der Waals surface area contributed by atoms with E-state index in [0.29, 0.717) is 5.75 Å². The number of ketones is 1. The maximum atomic E-state index is 11.8. The summed E-state index contributed by atoms with van der Waals surface area (Å²) < 4.78 is 6.24. The van der Waals surface area contributed by atoms with Crippen molar-refractivity contribution in [1.82, 2.24) is 0 Å². The van der Waals surface area contributed by atoms with Crippen LogP contribution in [0.1, 0.15) is 10.4 Å². The van der Waals surface area contributed by atoms with Gasteiger partial charge in [0.25, 0.3) is 0 Å². The predicted octanol–water partition coefficient (Wildman–Crippen LogP) is 3.12. The second kappa shape index (κ2) is 5.75. The van der Waals surface area contributed by atoms with E-state index in [4.69, 9.17) is 9.84 Å². The SMILES string of the molecule is O=C(COc1ccc(Br)cc1)c1ccc(O)cc1O. The molecule has 0 heterocycles. The highest BCUT2D eigenvalue weighted by atomic mass is 79.9. The van der Waals surface area contributed by atoms with E-state index < -0.39 is 0 Å². The molecule has 0 aromatic heterocycles. The first-order valence-corrected chi connectivity index (χ1v) is 6.29. The van der Waals surface area contributed by atoms with Gasteiger partial charge >= 0.3 is 0 Å². The van der Waals surface area contributed by atoms with Crippen LogP contribution in [0.2, 0.25) is 0 Å². The normalized spacial score (nSPS) is 10.2. The summed E-state index contributed by atoms with van der Waals surface area (Å²) in [4.78, 5) is 11.8. The quantitative estimate of drug-likeness (QED) is 0.849. The molecule has 0 radical (unpaired) electrons. The summed E-state index contributed by atoms with van der Waals surface area (Å²) in [5.41, 5.74) is 0.120. The summed E-state index contributed by atoms with van der Waals surface area (Å²) in [5.74, 6) is -0.150. The van der Waals surface area contributed by atoms with Gasteiger partial charge in [-0.3, -0.25) is 4.79 Å². The van der Waals surface area contributed by atoms with Crippen LogP contribution in [-0.2, 0) is 0 Å². The first-order chi connectivity index (χ1) is 9.06. The third-order valence-corrected chi connectivity index (χ3v) is 2.99. The van der Waals surface area contributed by atoms with Crippen molar-refractivity contribution < 1.29 is 19.7 Å². The number of hydrogen-bond donors (Lipinski definition) is 2. The third-order valence-electron chi connectivity index (χ3n) is 2.47. The van der Waals surface area contributed by atoms with E-state index in [-0.39, 0.29) is 29.5 Å². The van der Waals surface area contributed by atoms with Gasteiger partial charge < -0.3 is 14.9 Å². The molecule has 0 atom stereocenters. The predicted molar refractivity (Wildman–Crippen MR) is 73.7 cm³/mol. The maximum Gasteiger partial charge on any atom is 0.203 e. The molecule has 2 aromatic carbocycles. The van der Waals surface area contributed by atoms with Gasteiger partial charge in [-0.1, -0.05) is 15.9 Å². The molecule has 4 nitrogen and oxygen atoms in total. The number of carbonyl (C=O) groups is 1. The number of phenols is 2.